The highest BCUT2D eigenvalue weighted by molar-refractivity contribution is 7.99. The number of alkyl halides is 3. The van der Waals surface area contributed by atoms with Gasteiger partial charge in [-0.15, -0.1) is 11.8 Å². The summed E-state index contributed by atoms with van der Waals surface area (Å²) in [5.41, 5.74) is -1.10. The molecule has 3 rings (SSSR count). The molecule has 9 heteroatoms. The molecule has 1 aromatic heterocycles. The minimum atomic E-state index is -4.50. The van der Waals surface area contributed by atoms with E-state index in [1.54, 1.807) is 17.8 Å². The van der Waals surface area contributed by atoms with Crippen LogP contribution in [0.1, 0.15) is 16.7 Å². The SMILES string of the molecule is CN(C)CCSc1ccc(/C=c2\[nH]c(=O)/c(=C/c3cccc(C(F)(F)F)c3)[nH]c2=O)cc1. The lowest BCUT2D eigenvalue weighted by Gasteiger charge is -2.08. The second-order valence-corrected chi connectivity index (χ2v) is 8.54. The van der Waals surface area contributed by atoms with Crippen LogP contribution in [0.3, 0.4) is 0 Å². The van der Waals surface area contributed by atoms with Gasteiger partial charge < -0.3 is 14.9 Å². The number of hydrogen-bond acceptors (Lipinski definition) is 4. The number of nitrogens with zero attached hydrogens (tertiary/aromatic N) is 1. The molecule has 0 aliphatic heterocycles. The topological polar surface area (TPSA) is 69.0 Å². The summed E-state index contributed by atoms with van der Waals surface area (Å²) in [6.07, 6.45) is -1.75. The fourth-order valence-electron chi connectivity index (χ4n) is 2.84. The van der Waals surface area contributed by atoms with Crippen LogP contribution >= 0.6 is 11.8 Å². The van der Waals surface area contributed by atoms with Crippen molar-refractivity contribution < 1.29 is 13.2 Å². The van der Waals surface area contributed by atoms with Gasteiger partial charge in [0.1, 0.15) is 10.7 Å². The maximum Gasteiger partial charge on any atom is 0.416 e. The molecule has 0 saturated heterocycles. The first-order valence-corrected chi connectivity index (χ1v) is 10.7. The quantitative estimate of drug-likeness (QED) is 0.554. The average molecular weight is 462 g/mol. The van der Waals surface area contributed by atoms with Gasteiger partial charge in [0.05, 0.1) is 5.56 Å². The van der Waals surface area contributed by atoms with Crippen molar-refractivity contribution >= 4 is 23.9 Å². The predicted octanol–water partition coefficient (Wildman–Crippen LogP) is 2.39. The van der Waals surface area contributed by atoms with Crippen LogP contribution in [0.4, 0.5) is 13.2 Å². The van der Waals surface area contributed by atoms with E-state index in [-0.39, 0.29) is 16.3 Å². The van der Waals surface area contributed by atoms with Gasteiger partial charge in [0, 0.05) is 17.2 Å². The third-order valence-corrected chi connectivity index (χ3v) is 5.50. The normalized spacial score (nSPS) is 13.2. The summed E-state index contributed by atoms with van der Waals surface area (Å²) in [5.74, 6) is 0.951. The molecule has 0 atom stereocenters. The number of thioether (sulfide) groups is 1. The maximum atomic E-state index is 12.9. The summed E-state index contributed by atoms with van der Waals surface area (Å²) in [4.78, 5) is 33.0. The highest BCUT2D eigenvalue weighted by Gasteiger charge is 2.30. The second kappa shape index (κ2) is 10.1. The molecular weight excluding hydrogens is 439 g/mol. The molecule has 0 aliphatic rings. The van der Waals surface area contributed by atoms with Crippen molar-refractivity contribution in [3.05, 3.63) is 96.6 Å². The average Bonchev–Trinajstić information content (AvgIpc) is 2.72. The molecule has 0 fully saturated rings. The molecule has 5 nitrogen and oxygen atoms in total. The zero-order chi connectivity index (χ0) is 23.3. The van der Waals surface area contributed by atoms with Crippen molar-refractivity contribution in [2.45, 2.75) is 11.1 Å². The fraction of sp³-hybridized carbons (Fsp3) is 0.217. The largest absolute Gasteiger partial charge is 0.416 e. The van der Waals surface area contributed by atoms with E-state index in [2.05, 4.69) is 14.9 Å². The highest BCUT2D eigenvalue weighted by atomic mass is 32.2. The molecule has 2 aromatic carbocycles. The first kappa shape index (κ1) is 23.6. The van der Waals surface area contributed by atoms with Gasteiger partial charge in [-0.1, -0.05) is 24.3 Å². The van der Waals surface area contributed by atoms with Gasteiger partial charge in [-0.3, -0.25) is 9.59 Å². The fourth-order valence-corrected chi connectivity index (χ4v) is 3.86. The van der Waals surface area contributed by atoms with E-state index in [1.807, 2.05) is 38.4 Å². The number of aromatic nitrogens is 2. The summed E-state index contributed by atoms with van der Waals surface area (Å²) in [6.45, 7) is 0.957. The lowest BCUT2D eigenvalue weighted by molar-refractivity contribution is -0.137. The molecule has 0 amide bonds. The van der Waals surface area contributed by atoms with Gasteiger partial charge in [-0.25, -0.2) is 0 Å². The number of aromatic amines is 2. The molecule has 3 aromatic rings. The second-order valence-electron chi connectivity index (χ2n) is 7.37. The molecular formula is C23H22F3N3O2S. The molecule has 2 N–H and O–H groups in total. The van der Waals surface area contributed by atoms with Crippen molar-refractivity contribution in [3.63, 3.8) is 0 Å². The molecule has 0 unspecified atom stereocenters. The summed E-state index contributed by atoms with van der Waals surface area (Å²) in [7, 11) is 4.03. The summed E-state index contributed by atoms with van der Waals surface area (Å²) >= 11 is 1.72. The van der Waals surface area contributed by atoms with Gasteiger partial charge >= 0.3 is 6.18 Å². The van der Waals surface area contributed by atoms with E-state index in [9.17, 15) is 22.8 Å². The van der Waals surface area contributed by atoms with Gasteiger partial charge in [0.25, 0.3) is 11.1 Å². The van der Waals surface area contributed by atoms with E-state index < -0.39 is 22.9 Å². The van der Waals surface area contributed by atoms with E-state index in [0.29, 0.717) is 0 Å². The van der Waals surface area contributed by atoms with Crippen LogP contribution in [0, 0.1) is 0 Å². The molecule has 1 heterocycles. The minimum absolute atomic E-state index is 0.0594. The summed E-state index contributed by atoms with van der Waals surface area (Å²) < 4.78 is 38.6. The molecule has 0 aliphatic carbocycles. The van der Waals surface area contributed by atoms with Crippen molar-refractivity contribution in [1.29, 1.82) is 0 Å². The minimum Gasteiger partial charge on any atom is -0.316 e. The Labute approximate surface area is 186 Å². The molecule has 0 radical (unpaired) electrons. The standard InChI is InChI=1S/C23H22F3N3O2S/c1-29(2)10-11-32-18-8-6-15(7-9-18)13-19-21(30)28-20(22(31)27-19)14-16-4-3-5-17(12-16)23(24,25)26/h3-9,12-14H,10-11H2,1-2H3,(H,27,31)(H,28,30)/b19-13-,20-14-. The van der Waals surface area contributed by atoms with Crippen LogP contribution in [-0.2, 0) is 6.18 Å². The van der Waals surface area contributed by atoms with Crippen molar-refractivity contribution in [3.8, 4) is 0 Å². The van der Waals surface area contributed by atoms with Crippen LogP contribution in [0.2, 0.25) is 0 Å². The highest BCUT2D eigenvalue weighted by Crippen LogP contribution is 2.29. The zero-order valence-corrected chi connectivity index (χ0v) is 18.3. The van der Waals surface area contributed by atoms with E-state index in [4.69, 9.17) is 0 Å². The maximum absolute atomic E-state index is 12.9. The Morgan fingerprint density at radius 2 is 1.50 bits per heavy atom. The van der Waals surface area contributed by atoms with Crippen LogP contribution in [-0.4, -0.2) is 41.3 Å². The van der Waals surface area contributed by atoms with Gasteiger partial charge in [-0.2, -0.15) is 13.2 Å². The first-order chi connectivity index (χ1) is 15.1. The van der Waals surface area contributed by atoms with Crippen molar-refractivity contribution in [1.82, 2.24) is 14.9 Å². The number of rotatable bonds is 6. The van der Waals surface area contributed by atoms with Gasteiger partial charge in [0.2, 0.25) is 0 Å². The Morgan fingerprint density at radius 1 is 0.906 bits per heavy atom. The third-order valence-electron chi connectivity index (χ3n) is 4.51. The predicted molar refractivity (Wildman–Crippen MR) is 121 cm³/mol. The summed E-state index contributed by atoms with van der Waals surface area (Å²) in [5, 5.41) is -0.0664. The Kier molecular flexibility index (Phi) is 7.42. The van der Waals surface area contributed by atoms with Gasteiger partial charge in [0.15, 0.2) is 0 Å². The first-order valence-electron chi connectivity index (χ1n) is 9.73. The Morgan fingerprint density at radius 3 is 2.06 bits per heavy atom. The molecule has 0 bridgehead atoms. The molecule has 32 heavy (non-hydrogen) atoms. The summed E-state index contributed by atoms with van der Waals surface area (Å²) in [6, 6.07) is 12.1. The van der Waals surface area contributed by atoms with Crippen LogP contribution in [0.5, 0.6) is 0 Å². The van der Waals surface area contributed by atoms with Crippen molar-refractivity contribution in [2.24, 2.45) is 0 Å². The molecule has 0 spiro atoms. The Bertz CT molecular complexity index is 1310. The third kappa shape index (κ3) is 6.48. The lowest BCUT2D eigenvalue weighted by Crippen LogP contribution is -2.46. The smallest absolute Gasteiger partial charge is 0.316 e. The van der Waals surface area contributed by atoms with Crippen LogP contribution < -0.4 is 21.8 Å². The monoisotopic (exact) mass is 461 g/mol. The number of halogens is 3. The zero-order valence-electron chi connectivity index (χ0n) is 17.5. The number of hydrogen-bond donors (Lipinski definition) is 2. The number of benzene rings is 2. The lowest BCUT2D eigenvalue weighted by atomic mass is 10.1. The Hall–Kier alpha value is -3.04. The van der Waals surface area contributed by atoms with Crippen molar-refractivity contribution in [2.75, 3.05) is 26.4 Å². The van der Waals surface area contributed by atoms with Crippen LogP contribution in [0.15, 0.2) is 63.0 Å². The van der Waals surface area contributed by atoms with E-state index in [0.717, 1.165) is 34.9 Å². The molecule has 168 valence electrons. The molecule has 0 saturated carbocycles. The number of nitrogens with one attached hydrogen (secondary N) is 2. The van der Waals surface area contributed by atoms with Crippen LogP contribution in [0.25, 0.3) is 12.2 Å². The van der Waals surface area contributed by atoms with Gasteiger partial charge in [-0.05, 0) is 61.6 Å². The number of H-pyrrole nitrogens is 2. The Balaban J connectivity index is 1.88. The van der Waals surface area contributed by atoms with E-state index in [1.165, 1.54) is 18.2 Å². The van der Waals surface area contributed by atoms with E-state index >= 15 is 0 Å².